The molecule has 5 nitrogen and oxygen atoms in total. The molecule has 0 spiro atoms. The van der Waals surface area contributed by atoms with Gasteiger partial charge in [0, 0.05) is 5.02 Å². The van der Waals surface area contributed by atoms with Crippen LogP contribution in [-0.2, 0) is 14.8 Å². The minimum Gasteiger partial charge on any atom is -0.406 e. The molecule has 2 rings (SSSR count). The molecule has 2 aromatic carbocycles. The summed E-state index contributed by atoms with van der Waals surface area (Å²) >= 11 is 5.74. The number of benzene rings is 2. The van der Waals surface area contributed by atoms with E-state index in [1.807, 2.05) is 13.8 Å². The molecule has 7 heteroatoms. The fourth-order valence-corrected chi connectivity index (χ4v) is 3.03. The zero-order valence-corrected chi connectivity index (χ0v) is 14.7. The Bertz CT molecular complexity index is 889. The lowest BCUT2D eigenvalue weighted by Gasteiger charge is -2.12. The molecule has 0 fully saturated rings. The van der Waals surface area contributed by atoms with Gasteiger partial charge in [0.1, 0.15) is 0 Å². The van der Waals surface area contributed by atoms with Gasteiger partial charge in [0.05, 0.1) is 10.5 Å². The Balaban J connectivity index is 2.09. The Labute approximate surface area is 146 Å². The first kappa shape index (κ1) is 18.0. The van der Waals surface area contributed by atoms with E-state index in [1.165, 1.54) is 36.4 Å². The van der Waals surface area contributed by atoms with Gasteiger partial charge in [-0.3, -0.25) is 0 Å². The summed E-state index contributed by atoms with van der Waals surface area (Å²) in [6.07, 6.45) is 0. The van der Waals surface area contributed by atoms with Crippen molar-refractivity contribution in [3.05, 3.63) is 76.6 Å². The first-order valence-electron chi connectivity index (χ1n) is 6.96. The van der Waals surface area contributed by atoms with Crippen molar-refractivity contribution in [1.82, 2.24) is 4.72 Å². The fourth-order valence-electron chi connectivity index (χ4n) is 1.87. The number of esters is 1. The largest absolute Gasteiger partial charge is 0.406 e. The van der Waals surface area contributed by atoms with Crippen LogP contribution in [0, 0.1) is 13.8 Å². The van der Waals surface area contributed by atoms with Gasteiger partial charge in [-0.2, -0.15) is 0 Å². The predicted octanol–water partition coefficient (Wildman–Crippen LogP) is 3.56. The molecule has 2 aromatic rings. The minimum atomic E-state index is -3.88. The van der Waals surface area contributed by atoms with Crippen LogP contribution in [-0.4, -0.2) is 14.4 Å². The summed E-state index contributed by atoms with van der Waals surface area (Å²) in [5.74, 6) is -1.12. The second-order valence-corrected chi connectivity index (χ2v) is 7.29. The summed E-state index contributed by atoms with van der Waals surface area (Å²) < 4.78 is 31.6. The van der Waals surface area contributed by atoms with Crippen LogP contribution < -0.4 is 4.72 Å². The van der Waals surface area contributed by atoms with E-state index in [1.54, 1.807) is 6.07 Å². The Kier molecular flexibility index (Phi) is 5.31. The minimum absolute atomic E-state index is 0.0642. The highest BCUT2D eigenvalue weighted by atomic mass is 35.5. The van der Waals surface area contributed by atoms with Crippen molar-refractivity contribution in [3.8, 4) is 0 Å². The maximum Gasteiger partial charge on any atom is 0.344 e. The van der Waals surface area contributed by atoms with Crippen molar-refractivity contribution in [2.24, 2.45) is 0 Å². The molecule has 1 N–H and O–H groups in total. The Morgan fingerprint density at radius 3 is 2.29 bits per heavy atom. The summed E-state index contributed by atoms with van der Waals surface area (Å²) in [4.78, 5) is 12.0. The molecule has 0 aromatic heterocycles. The van der Waals surface area contributed by atoms with Crippen molar-refractivity contribution in [1.29, 1.82) is 0 Å². The first-order valence-corrected chi connectivity index (χ1v) is 8.82. The summed E-state index contributed by atoms with van der Waals surface area (Å²) in [5.41, 5.74) is 2.04. The van der Waals surface area contributed by atoms with Gasteiger partial charge in [-0.15, -0.1) is 0 Å². The number of sulfonamides is 1. The monoisotopic (exact) mass is 365 g/mol. The van der Waals surface area contributed by atoms with Crippen molar-refractivity contribution in [2.45, 2.75) is 18.7 Å². The lowest BCUT2D eigenvalue weighted by atomic mass is 10.1. The predicted molar refractivity (Wildman–Crippen MR) is 92.2 cm³/mol. The molecule has 0 aliphatic carbocycles. The Hall–Kier alpha value is -2.31. The highest BCUT2D eigenvalue weighted by molar-refractivity contribution is 7.89. The smallest absolute Gasteiger partial charge is 0.344 e. The lowest BCUT2D eigenvalue weighted by Crippen LogP contribution is -2.25. The number of nitrogens with one attached hydrogen (secondary N) is 1. The molecule has 0 saturated carbocycles. The molecule has 0 heterocycles. The standard InChI is InChI=1S/C17H16ClNO4S/c1-11-4-9-16(10-12(11)2)24(21,22)19-13(3)23-17(20)14-5-7-15(18)8-6-14/h4-10,19H,3H2,1-2H3. The number of carbonyl (C=O) groups is 1. The molecule has 24 heavy (non-hydrogen) atoms. The average Bonchev–Trinajstić information content (AvgIpc) is 2.49. The van der Waals surface area contributed by atoms with Crippen molar-refractivity contribution in [3.63, 3.8) is 0 Å². The number of hydrogen-bond acceptors (Lipinski definition) is 4. The molecule has 0 aliphatic heterocycles. The van der Waals surface area contributed by atoms with Crippen molar-refractivity contribution >= 4 is 27.6 Å². The molecule has 0 saturated heterocycles. The van der Waals surface area contributed by atoms with Gasteiger partial charge in [-0.25, -0.2) is 17.9 Å². The molecular formula is C17H16ClNO4S. The topological polar surface area (TPSA) is 72.5 Å². The van der Waals surface area contributed by atoms with Gasteiger partial charge < -0.3 is 4.74 Å². The van der Waals surface area contributed by atoms with Crippen LogP contribution in [0.5, 0.6) is 0 Å². The zero-order valence-electron chi connectivity index (χ0n) is 13.2. The van der Waals surface area contributed by atoms with Gasteiger partial charge in [0.25, 0.3) is 10.0 Å². The van der Waals surface area contributed by atoms with E-state index < -0.39 is 16.0 Å². The van der Waals surface area contributed by atoms with Gasteiger partial charge in [0.2, 0.25) is 5.88 Å². The summed E-state index contributed by atoms with van der Waals surface area (Å²) in [7, 11) is -3.88. The SMILES string of the molecule is C=C(NS(=O)(=O)c1ccc(C)c(C)c1)OC(=O)c1ccc(Cl)cc1. The second-order valence-electron chi connectivity index (χ2n) is 5.17. The first-order chi connectivity index (χ1) is 11.2. The molecule has 0 bridgehead atoms. The van der Waals surface area contributed by atoms with Crippen LogP contribution in [0.15, 0.2) is 59.8 Å². The third-order valence-electron chi connectivity index (χ3n) is 3.33. The number of halogens is 1. The highest BCUT2D eigenvalue weighted by Crippen LogP contribution is 2.16. The molecule has 0 radical (unpaired) electrons. The molecule has 126 valence electrons. The van der Waals surface area contributed by atoms with E-state index in [9.17, 15) is 13.2 Å². The van der Waals surface area contributed by atoms with E-state index in [0.29, 0.717) is 5.02 Å². The highest BCUT2D eigenvalue weighted by Gasteiger charge is 2.18. The van der Waals surface area contributed by atoms with E-state index in [2.05, 4.69) is 11.3 Å². The average molecular weight is 366 g/mol. The molecule has 0 amide bonds. The van der Waals surface area contributed by atoms with Crippen LogP contribution in [0.2, 0.25) is 5.02 Å². The van der Waals surface area contributed by atoms with Gasteiger partial charge in [0.15, 0.2) is 0 Å². The van der Waals surface area contributed by atoms with Crippen LogP contribution in [0.4, 0.5) is 0 Å². The number of rotatable bonds is 5. The van der Waals surface area contributed by atoms with Crippen molar-refractivity contribution < 1.29 is 17.9 Å². The van der Waals surface area contributed by atoms with Crippen LogP contribution >= 0.6 is 11.6 Å². The number of hydrogen-bond donors (Lipinski definition) is 1. The van der Waals surface area contributed by atoms with E-state index >= 15 is 0 Å². The molecule has 0 atom stereocenters. The fraction of sp³-hybridized carbons (Fsp3) is 0.118. The molecule has 0 unspecified atom stereocenters. The van der Waals surface area contributed by atoms with E-state index in [4.69, 9.17) is 16.3 Å². The number of aryl methyl sites for hydroxylation is 2. The second kappa shape index (κ2) is 7.07. The van der Waals surface area contributed by atoms with Crippen LogP contribution in [0.25, 0.3) is 0 Å². The third-order valence-corrected chi connectivity index (χ3v) is 4.96. The molecule has 0 aliphatic rings. The Morgan fingerprint density at radius 2 is 1.71 bits per heavy atom. The van der Waals surface area contributed by atoms with Gasteiger partial charge in [-0.05, 0) is 68.0 Å². The number of ether oxygens (including phenoxy) is 1. The van der Waals surface area contributed by atoms with E-state index in [0.717, 1.165) is 11.1 Å². The van der Waals surface area contributed by atoms with Gasteiger partial charge >= 0.3 is 5.97 Å². The third kappa shape index (κ3) is 4.37. The van der Waals surface area contributed by atoms with Gasteiger partial charge in [-0.1, -0.05) is 17.7 Å². The number of carbonyl (C=O) groups excluding carboxylic acids is 1. The normalized spacial score (nSPS) is 11.0. The van der Waals surface area contributed by atoms with Crippen LogP contribution in [0.1, 0.15) is 21.5 Å². The summed E-state index contributed by atoms with van der Waals surface area (Å²) in [6.45, 7) is 7.12. The quantitative estimate of drug-likeness (QED) is 0.649. The maximum absolute atomic E-state index is 12.3. The maximum atomic E-state index is 12.3. The zero-order chi connectivity index (χ0) is 17.9. The van der Waals surface area contributed by atoms with Crippen LogP contribution in [0.3, 0.4) is 0 Å². The summed E-state index contributed by atoms with van der Waals surface area (Å²) in [5, 5.41) is 0.473. The molecular weight excluding hydrogens is 350 g/mol. The van der Waals surface area contributed by atoms with Crippen molar-refractivity contribution in [2.75, 3.05) is 0 Å². The van der Waals surface area contributed by atoms with E-state index in [-0.39, 0.29) is 16.3 Å². The Morgan fingerprint density at radius 1 is 1.08 bits per heavy atom. The summed E-state index contributed by atoms with van der Waals surface area (Å²) in [6, 6.07) is 10.7. The lowest BCUT2D eigenvalue weighted by molar-refractivity contribution is 0.0615.